The molecule has 3 rings (SSSR count). The van der Waals surface area contributed by atoms with Crippen LogP contribution in [0.4, 0.5) is 0 Å². The maximum absolute atomic E-state index is 12.9. The van der Waals surface area contributed by atoms with Crippen LogP contribution in [0.5, 0.6) is 0 Å². The van der Waals surface area contributed by atoms with Crippen molar-refractivity contribution in [2.24, 2.45) is 0 Å². The van der Waals surface area contributed by atoms with E-state index < -0.39 is 0 Å². The number of carbonyl (C=O) groups excluding carboxylic acids is 1. The maximum atomic E-state index is 12.9. The first-order chi connectivity index (χ1) is 11.7. The molecule has 0 bridgehead atoms. The Morgan fingerprint density at radius 2 is 2.12 bits per heavy atom. The Morgan fingerprint density at radius 1 is 1.29 bits per heavy atom. The summed E-state index contributed by atoms with van der Waals surface area (Å²) in [6, 6.07) is 12.6. The number of hydrogen-bond acceptors (Lipinski definition) is 3. The number of carbonyl (C=O) groups is 1. The lowest BCUT2D eigenvalue weighted by Gasteiger charge is -2.35. The number of rotatable bonds is 4. The molecule has 1 amide bonds. The number of nitrogens with zero attached hydrogens (tertiary/aromatic N) is 1. The molecule has 5 heteroatoms. The van der Waals surface area contributed by atoms with E-state index in [1.54, 1.807) is 6.07 Å². The standard InChI is InChI=1S/C19H22N2O3/c1-2-5-16-13-24-11-10-21(16)19(23)15-7-3-6-14(12-15)17-8-4-9-18(22)20-17/h3-4,6-9,12,16H,2,5,10-11,13H2,1H3,(H,20,22)/t16-/m1/s1. The molecule has 1 aromatic carbocycles. The molecule has 1 atom stereocenters. The largest absolute Gasteiger partial charge is 0.377 e. The minimum atomic E-state index is -0.152. The Labute approximate surface area is 141 Å². The Bertz CT molecular complexity index is 767. The van der Waals surface area contributed by atoms with Gasteiger partial charge >= 0.3 is 0 Å². The number of nitrogens with one attached hydrogen (secondary N) is 1. The molecule has 0 saturated carbocycles. The molecule has 24 heavy (non-hydrogen) atoms. The molecule has 1 aliphatic heterocycles. The number of aromatic amines is 1. The molecule has 0 unspecified atom stereocenters. The smallest absolute Gasteiger partial charge is 0.254 e. The average Bonchev–Trinajstić information content (AvgIpc) is 2.62. The van der Waals surface area contributed by atoms with Gasteiger partial charge in [-0.3, -0.25) is 9.59 Å². The van der Waals surface area contributed by atoms with Gasteiger partial charge in [0, 0.05) is 23.9 Å². The Kier molecular flexibility index (Phi) is 5.11. The number of H-pyrrole nitrogens is 1. The molecule has 1 fully saturated rings. The van der Waals surface area contributed by atoms with Crippen molar-refractivity contribution in [1.29, 1.82) is 0 Å². The molecule has 0 radical (unpaired) electrons. The van der Waals surface area contributed by atoms with Crippen molar-refractivity contribution in [3.05, 3.63) is 58.4 Å². The second-order valence-corrected chi connectivity index (χ2v) is 6.03. The van der Waals surface area contributed by atoms with Crippen molar-refractivity contribution in [3.63, 3.8) is 0 Å². The van der Waals surface area contributed by atoms with Gasteiger partial charge in [0.25, 0.3) is 5.91 Å². The molecular formula is C19H22N2O3. The van der Waals surface area contributed by atoms with Gasteiger partial charge in [0.1, 0.15) is 0 Å². The first-order valence-electron chi connectivity index (χ1n) is 8.37. The molecule has 126 valence electrons. The fraction of sp³-hybridized carbons (Fsp3) is 0.368. The molecule has 0 aliphatic carbocycles. The zero-order chi connectivity index (χ0) is 16.9. The van der Waals surface area contributed by atoms with Crippen LogP contribution in [0.2, 0.25) is 0 Å². The quantitative estimate of drug-likeness (QED) is 0.939. The summed E-state index contributed by atoms with van der Waals surface area (Å²) >= 11 is 0. The van der Waals surface area contributed by atoms with E-state index in [9.17, 15) is 9.59 Å². The summed E-state index contributed by atoms with van der Waals surface area (Å²) in [6.07, 6.45) is 1.96. The highest BCUT2D eigenvalue weighted by Gasteiger charge is 2.27. The van der Waals surface area contributed by atoms with E-state index in [-0.39, 0.29) is 17.5 Å². The van der Waals surface area contributed by atoms with Crippen LogP contribution in [-0.2, 0) is 4.74 Å². The molecule has 1 N–H and O–H groups in total. The van der Waals surface area contributed by atoms with E-state index in [2.05, 4.69) is 11.9 Å². The third kappa shape index (κ3) is 3.57. The Balaban J connectivity index is 1.87. The van der Waals surface area contributed by atoms with Crippen LogP contribution in [0, 0.1) is 0 Å². The molecule has 1 aromatic heterocycles. The summed E-state index contributed by atoms with van der Waals surface area (Å²) in [6.45, 7) is 3.92. The predicted molar refractivity (Wildman–Crippen MR) is 93.1 cm³/mol. The van der Waals surface area contributed by atoms with Crippen molar-refractivity contribution in [2.75, 3.05) is 19.8 Å². The normalized spacial score (nSPS) is 17.7. The van der Waals surface area contributed by atoms with Gasteiger partial charge in [-0.25, -0.2) is 0 Å². The van der Waals surface area contributed by atoms with Gasteiger partial charge in [-0.15, -0.1) is 0 Å². The van der Waals surface area contributed by atoms with Gasteiger partial charge in [0.05, 0.1) is 19.3 Å². The predicted octanol–water partition coefficient (Wildman–Crippen LogP) is 2.68. The van der Waals surface area contributed by atoms with Crippen molar-refractivity contribution >= 4 is 5.91 Å². The highest BCUT2D eigenvalue weighted by molar-refractivity contribution is 5.95. The zero-order valence-corrected chi connectivity index (χ0v) is 13.8. The zero-order valence-electron chi connectivity index (χ0n) is 13.8. The third-order valence-corrected chi connectivity index (χ3v) is 4.30. The number of morpholine rings is 1. The van der Waals surface area contributed by atoms with Gasteiger partial charge < -0.3 is 14.6 Å². The van der Waals surface area contributed by atoms with Crippen LogP contribution in [-0.4, -0.2) is 41.6 Å². The number of amides is 1. The average molecular weight is 326 g/mol. The monoisotopic (exact) mass is 326 g/mol. The third-order valence-electron chi connectivity index (χ3n) is 4.30. The van der Waals surface area contributed by atoms with E-state index in [0.717, 1.165) is 18.4 Å². The Hall–Kier alpha value is -2.40. The van der Waals surface area contributed by atoms with E-state index in [4.69, 9.17) is 4.74 Å². The number of aromatic nitrogens is 1. The minimum absolute atomic E-state index is 0.0249. The van der Waals surface area contributed by atoms with Crippen molar-refractivity contribution in [2.45, 2.75) is 25.8 Å². The van der Waals surface area contributed by atoms with Crippen LogP contribution < -0.4 is 5.56 Å². The summed E-state index contributed by atoms with van der Waals surface area (Å²) in [5, 5.41) is 0. The van der Waals surface area contributed by atoms with Crippen molar-refractivity contribution < 1.29 is 9.53 Å². The SMILES string of the molecule is CCC[C@@H]1COCCN1C(=O)c1cccc(-c2cccc(=O)[nH]2)c1. The lowest BCUT2D eigenvalue weighted by atomic mass is 10.0. The molecule has 2 heterocycles. The second kappa shape index (κ2) is 7.45. The van der Waals surface area contributed by atoms with Crippen LogP contribution in [0.25, 0.3) is 11.3 Å². The van der Waals surface area contributed by atoms with Crippen molar-refractivity contribution in [3.8, 4) is 11.3 Å². The molecule has 2 aromatic rings. The first kappa shape index (κ1) is 16.5. The van der Waals surface area contributed by atoms with E-state index >= 15 is 0 Å². The number of hydrogen-bond donors (Lipinski definition) is 1. The first-order valence-corrected chi connectivity index (χ1v) is 8.37. The Morgan fingerprint density at radius 3 is 2.92 bits per heavy atom. The fourth-order valence-electron chi connectivity index (χ4n) is 3.10. The van der Waals surface area contributed by atoms with Gasteiger partial charge in [0.2, 0.25) is 5.56 Å². The van der Waals surface area contributed by atoms with Gasteiger partial charge in [0.15, 0.2) is 0 Å². The van der Waals surface area contributed by atoms with E-state index in [0.29, 0.717) is 31.0 Å². The maximum Gasteiger partial charge on any atom is 0.254 e. The molecular weight excluding hydrogens is 304 g/mol. The van der Waals surface area contributed by atoms with Gasteiger partial charge in [-0.2, -0.15) is 0 Å². The summed E-state index contributed by atoms with van der Waals surface area (Å²) < 4.78 is 5.52. The number of pyridine rings is 1. The lowest BCUT2D eigenvalue weighted by molar-refractivity contribution is -0.00433. The minimum Gasteiger partial charge on any atom is -0.377 e. The van der Waals surface area contributed by atoms with Gasteiger partial charge in [-0.1, -0.05) is 31.5 Å². The molecule has 0 spiro atoms. The highest BCUT2D eigenvalue weighted by Crippen LogP contribution is 2.21. The molecule has 1 aliphatic rings. The van der Waals surface area contributed by atoms with Crippen LogP contribution >= 0.6 is 0 Å². The van der Waals surface area contributed by atoms with Crippen LogP contribution in [0.15, 0.2) is 47.3 Å². The van der Waals surface area contributed by atoms with E-state index in [1.165, 1.54) is 6.07 Å². The van der Waals surface area contributed by atoms with Gasteiger partial charge in [-0.05, 0) is 30.2 Å². The number of benzene rings is 1. The molecule has 1 saturated heterocycles. The van der Waals surface area contributed by atoms with Crippen LogP contribution in [0.3, 0.4) is 0 Å². The molecule has 5 nitrogen and oxygen atoms in total. The summed E-state index contributed by atoms with van der Waals surface area (Å²) in [7, 11) is 0. The second-order valence-electron chi connectivity index (χ2n) is 6.03. The lowest BCUT2D eigenvalue weighted by Crippen LogP contribution is -2.48. The highest BCUT2D eigenvalue weighted by atomic mass is 16.5. The van der Waals surface area contributed by atoms with Crippen LogP contribution in [0.1, 0.15) is 30.1 Å². The topological polar surface area (TPSA) is 62.4 Å². The van der Waals surface area contributed by atoms with E-state index in [1.807, 2.05) is 35.2 Å². The van der Waals surface area contributed by atoms with Crippen molar-refractivity contribution in [1.82, 2.24) is 9.88 Å². The number of ether oxygens (including phenoxy) is 1. The fourth-order valence-corrected chi connectivity index (χ4v) is 3.10. The summed E-state index contributed by atoms with van der Waals surface area (Å²) in [5.74, 6) is 0.0249. The summed E-state index contributed by atoms with van der Waals surface area (Å²) in [4.78, 5) is 29.1. The summed E-state index contributed by atoms with van der Waals surface area (Å²) in [5.41, 5.74) is 2.03.